The van der Waals surface area contributed by atoms with Crippen LogP contribution < -0.4 is 5.32 Å². The van der Waals surface area contributed by atoms with Gasteiger partial charge in [0.1, 0.15) is 5.82 Å². The highest BCUT2D eigenvalue weighted by atomic mass is 19.1. The molecule has 15 heavy (non-hydrogen) atoms. The van der Waals surface area contributed by atoms with Crippen LogP contribution in [0.5, 0.6) is 0 Å². The van der Waals surface area contributed by atoms with Gasteiger partial charge in [-0.25, -0.2) is 4.39 Å². The summed E-state index contributed by atoms with van der Waals surface area (Å²) in [5.41, 5.74) is 2.59. The molecule has 0 amide bonds. The fraction of sp³-hybridized carbons (Fsp3) is 0.538. The van der Waals surface area contributed by atoms with Gasteiger partial charge in [-0.1, -0.05) is 26.8 Å². The van der Waals surface area contributed by atoms with Crippen molar-refractivity contribution in [2.24, 2.45) is 0 Å². The van der Waals surface area contributed by atoms with E-state index in [2.05, 4.69) is 26.1 Å². The van der Waals surface area contributed by atoms with E-state index < -0.39 is 0 Å². The van der Waals surface area contributed by atoms with Crippen LogP contribution in [0.1, 0.15) is 44.4 Å². The van der Waals surface area contributed by atoms with E-state index in [0.29, 0.717) is 6.04 Å². The summed E-state index contributed by atoms with van der Waals surface area (Å²) in [6.45, 7) is 7.46. The van der Waals surface area contributed by atoms with Gasteiger partial charge in [-0.15, -0.1) is 0 Å². The SMILES string of the molecule is CCNC1CC(C)(C)c2ccc(F)cc21. The highest BCUT2D eigenvalue weighted by molar-refractivity contribution is 5.41. The number of benzene rings is 1. The normalized spacial score (nSPS) is 22.8. The van der Waals surface area contributed by atoms with Crippen LogP contribution in [0, 0.1) is 5.82 Å². The van der Waals surface area contributed by atoms with E-state index in [1.54, 1.807) is 12.1 Å². The molecule has 0 bridgehead atoms. The average molecular weight is 207 g/mol. The molecule has 0 heterocycles. The fourth-order valence-corrected chi connectivity index (χ4v) is 2.60. The van der Waals surface area contributed by atoms with Crippen molar-refractivity contribution in [2.45, 2.75) is 38.6 Å². The van der Waals surface area contributed by atoms with E-state index in [9.17, 15) is 4.39 Å². The lowest BCUT2D eigenvalue weighted by Crippen LogP contribution is -2.20. The van der Waals surface area contributed by atoms with Gasteiger partial charge in [-0.2, -0.15) is 0 Å². The van der Waals surface area contributed by atoms with Crippen LogP contribution in [-0.2, 0) is 5.41 Å². The van der Waals surface area contributed by atoms with Crippen LogP contribution in [0.4, 0.5) is 4.39 Å². The molecule has 1 N–H and O–H groups in total. The summed E-state index contributed by atoms with van der Waals surface area (Å²) >= 11 is 0. The number of rotatable bonds is 2. The molecule has 0 aliphatic heterocycles. The van der Waals surface area contributed by atoms with E-state index >= 15 is 0 Å². The molecule has 1 aliphatic carbocycles. The Morgan fingerprint density at radius 1 is 1.47 bits per heavy atom. The van der Waals surface area contributed by atoms with Crippen LogP contribution in [0.3, 0.4) is 0 Å². The molecule has 0 saturated carbocycles. The molecule has 0 aromatic heterocycles. The molecule has 1 aliphatic rings. The van der Waals surface area contributed by atoms with Gasteiger partial charge in [0.25, 0.3) is 0 Å². The first-order chi connectivity index (χ1) is 7.04. The molecule has 0 spiro atoms. The first kappa shape index (κ1) is 10.6. The number of halogens is 1. The van der Waals surface area contributed by atoms with Gasteiger partial charge in [0.2, 0.25) is 0 Å². The molecule has 1 atom stereocenters. The Labute approximate surface area is 90.7 Å². The lowest BCUT2D eigenvalue weighted by molar-refractivity contribution is 0.433. The third-order valence-corrected chi connectivity index (χ3v) is 3.28. The Morgan fingerprint density at radius 2 is 2.20 bits per heavy atom. The van der Waals surface area contributed by atoms with E-state index in [1.807, 2.05) is 6.07 Å². The van der Waals surface area contributed by atoms with Gasteiger partial charge in [-0.3, -0.25) is 0 Å². The Kier molecular flexibility index (Phi) is 2.55. The summed E-state index contributed by atoms with van der Waals surface area (Å²) in [5, 5.41) is 3.42. The van der Waals surface area contributed by atoms with Gasteiger partial charge in [0.15, 0.2) is 0 Å². The van der Waals surface area contributed by atoms with E-state index in [0.717, 1.165) is 18.5 Å². The fourth-order valence-electron chi connectivity index (χ4n) is 2.60. The second kappa shape index (κ2) is 3.60. The van der Waals surface area contributed by atoms with Gasteiger partial charge in [0.05, 0.1) is 0 Å². The van der Waals surface area contributed by atoms with Crippen molar-refractivity contribution in [3.05, 3.63) is 35.1 Å². The summed E-state index contributed by atoms with van der Waals surface area (Å²) in [4.78, 5) is 0. The lowest BCUT2D eigenvalue weighted by Gasteiger charge is -2.19. The van der Waals surface area contributed by atoms with Gasteiger partial charge in [0, 0.05) is 6.04 Å². The molecule has 1 aromatic rings. The predicted octanol–water partition coefficient (Wildman–Crippen LogP) is 3.16. The molecule has 82 valence electrons. The molecule has 2 heteroatoms. The quantitative estimate of drug-likeness (QED) is 0.785. The van der Waals surface area contributed by atoms with Crippen LogP contribution in [0.15, 0.2) is 18.2 Å². The van der Waals surface area contributed by atoms with Crippen molar-refractivity contribution in [2.75, 3.05) is 6.54 Å². The van der Waals surface area contributed by atoms with Crippen LogP contribution >= 0.6 is 0 Å². The zero-order chi connectivity index (χ0) is 11.1. The summed E-state index contributed by atoms with van der Waals surface area (Å²) in [5.74, 6) is -0.130. The predicted molar refractivity (Wildman–Crippen MR) is 60.5 cm³/mol. The third-order valence-electron chi connectivity index (χ3n) is 3.28. The van der Waals surface area contributed by atoms with E-state index in [1.165, 1.54) is 5.56 Å². The molecule has 1 nitrogen and oxygen atoms in total. The highest BCUT2D eigenvalue weighted by Gasteiger charge is 2.36. The Bertz CT molecular complexity index is 371. The molecular weight excluding hydrogens is 189 g/mol. The second-order valence-corrected chi connectivity index (χ2v) is 4.93. The molecule has 0 fully saturated rings. The molecule has 0 saturated heterocycles. The molecule has 0 radical (unpaired) electrons. The highest BCUT2D eigenvalue weighted by Crippen LogP contribution is 2.44. The van der Waals surface area contributed by atoms with Crippen molar-refractivity contribution in [3.8, 4) is 0 Å². The lowest BCUT2D eigenvalue weighted by atomic mass is 9.86. The maximum atomic E-state index is 13.2. The summed E-state index contributed by atoms with van der Waals surface area (Å²) in [6.07, 6.45) is 1.06. The second-order valence-electron chi connectivity index (χ2n) is 4.93. The summed E-state index contributed by atoms with van der Waals surface area (Å²) in [7, 11) is 0. The van der Waals surface area contributed by atoms with E-state index in [4.69, 9.17) is 0 Å². The van der Waals surface area contributed by atoms with Crippen molar-refractivity contribution < 1.29 is 4.39 Å². The average Bonchev–Trinajstić information content (AvgIpc) is 2.39. The maximum absolute atomic E-state index is 13.2. The Hall–Kier alpha value is -0.890. The number of nitrogens with one attached hydrogen (secondary N) is 1. The maximum Gasteiger partial charge on any atom is 0.123 e. The zero-order valence-corrected chi connectivity index (χ0v) is 9.60. The number of fused-ring (bicyclic) bond motifs is 1. The molecular formula is C13H18FN. The largest absolute Gasteiger partial charge is 0.310 e. The number of hydrogen-bond donors (Lipinski definition) is 1. The molecule has 1 aromatic carbocycles. The topological polar surface area (TPSA) is 12.0 Å². The van der Waals surface area contributed by atoms with Crippen molar-refractivity contribution in [1.29, 1.82) is 0 Å². The minimum atomic E-state index is -0.130. The van der Waals surface area contributed by atoms with Crippen molar-refractivity contribution in [3.63, 3.8) is 0 Å². The van der Waals surface area contributed by atoms with Crippen molar-refractivity contribution in [1.82, 2.24) is 5.32 Å². The Balaban J connectivity index is 2.44. The smallest absolute Gasteiger partial charge is 0.123 e. The summed E-state index contributed by atoms with van der Waals surface area (Å²) < 4.78 is 13.2. The summed E-state index contributed by atoms with van der Waals surface area (Å²) in [6, 6.07) is 5.49. The van der Waals surface area contributed by atoms with Crippen LogP contribution in [0.25, 0.3) is 0 Å². The first-order valence-corrected chi connectivity index (χ1v) is 5.58. The van der Waals surface area contributed by atoms with Gasteiger partial charge < -0.3 is 5.32 Å². The zero-order valence-electron chi connectivity index (χ0n) is 9.60. The number of hydrogen-bond acceptors (Lipinski definition) is 1. The molecule has 1 unspecified atom stereocenters. The van der Waals surface area contributed by atoms with Crippen molar-refractivity contribution >= 4 is 0 Å². The monoisotopic (exact) mass is 207 g/mol. The van der Waals surface area contributed by atoms with Gasteiger partial charge in [-0.05, 0) is 41.6 Å². The van der Waals surface area contributed by atoms with Gasteiger partial charge >= 0.3 is 0 Å². The minimum Gasteiger partial charge on any atom is -0.310 e. The van der Waals surface area contributed by atoms with Crippen LogP contribution in [-0.4, -0.2) is 6.54 Å². The van der Waals surface area contributed by atoms with E-state index in [-0.39, 0.29) is 11.2 Å². The van der Waals surface area contributed by atoms with Crippen LogP contribution in [0.2, 0.25) is 0 Å². The standard InChI is InChI=1S/C13H18FN/c1-4-15-12-8-13(2,3)11-6-5-9(14)7-10(11)12/h5-7,12,15H,4,8H2,1-3H3. The Morgan fingerprint density at radius 3 is 2.87 bits per heavy atom. The molecule has 2 rings (SSSR count). The minimum absolute atomic E-state index is 0.130. The third kappa shape index (κ3) is 1.78. The first-order valence-electron chi connectivity index (χ1n) is 5.58.